The van der Waals surface area contributed by atoms with Crippen LogP contribution in [0.3, 0.4) is 0 Å². The molecule has 8 nitrogen and oxygen atoms in total. The molecule has 2 saturated carbocycles. The second-order valence-electron chi connectivity index (χ2n) is 11.1. The number of carbonyl (C=O) groups is 1. The van der Waals surface area contributed by atoms with Crippen LogP contribution in [-0.4, -0.2) is 34.9 Å². The molecular weight excluding hydrogens is 523 g/mol. The van der Waals surface area contributed by atoms with Gasteiger partial charge in [-0.15, -0.1) is 0 Å². The Bertz CT molecular complexity index is 1300. The maximum Gasteiger partial charge on any atom is 0.303 e. The third-order valence-electron chi connectivity index (χ3n) is 7.39. The molecule has 1 N–H and O–H groups in total. The number of carboxylic acid groups (broad SMARTS) is 1. The molecule has 0 radical (unpaired) electrons. The van der Waals surface area contributed by atoms with Crippen molar-refractivity contribution in [2.24, 2.45) is 17.3 Å². The van der Waals surface area contributed by atoms with Crippen molar-refractivity contribution in [3.8, 4) is 28.7 Å². The Balaban J connectivity index is 0.00000353. The van der Waals surface area contributed by atoms with Crippen LogP contribution in [0.1, 0.15) is 63.1 Å². The second kappa shape index (κ2) is 11.9. The van der Waals surface area contributed by atoms with Crippen molar-refractivity contribution >= 4 is 19.5 Å². The smallest absolute Gasteiger partial charge is 0.303 e. The zero-order chi connectivity index (χ0) is 26.9. The quantitative estimate of drug-likeness (QED) is 0.274. The summed E-state index contributed by atoms with van der Waals surface area (Å²) in [4.78, 5) is 15.3. The summed E-state index contributed by atoms with van der Waals surface area (Å²) >= 11 is 0. The molecule has 2 aromatic heterocycles. The van der Waals surface area contributed by atoms with Gasteiger partial charge in [0.15, 0.2) is 17.3 Å². The number of pyridine rings is 1. The first-order chi connectivity index (χ1) is 18.2. The monoisotopic (exact) mass is 558 g/mol. The molecule has 0 amide bonds. The van der Waals surface area contributed by atoms with Crippen LogP contribution < -0.4 is 14.2 Å². The van der Waals surface area contributed by atoms with Gasteiger partial charge in [-0.25, -0.2) is 9.37 Å². The van der Waals surface area contributed by atoms with Crippen molar-refractivity contribution in [2.45, 2.75) is 58.5 Å². The average Bonchev–Trinajstić information content (AvgIpc) is 3.64. The van der Waals surface area contributed by atoms with Gasteiger partial charge >= 0.3 is 5.97 Å². The van der Waals surface area contributed by atoms with Crippen LogP contribution in [0.5, 0.6) is 17.4 Å². The van der Waals surface area contributed by atoms with Crippen LogP contribution in [0.25, 0.3) is 11.3 Å². The number of aromatic nitrogens is 2. The number of hydrogen-bond acceptors (Lipinski definition) is 7. The van der Waals surface area contributed by atoms with Gasteiger partial charge in [0.25, 0.3) is 0 Å². The number of hydrogen-bond donors (Lipinski definition) is 1. The summed E-state index contributed by atoms with van der Waals surface area (Å²) in [6.07, 6.45) is 5.34. The number of ether oxygens (including phenoxy) is 3. The first kappa shape index (κ1) is 28.7. The van der Waals surface area contributed by atoms with Crippen LogP contribution in [0.2, 0.25) is 0 Å². The standard InChI is InChI=1S/C29H33FN2O6.H2S/c1-29(2)12-17(13-29)15-37-28-24(32-38-27(28)22-10-25(35-3)31-14-23(22)30)16-36-20-6-4-5-19(9-20)21(11-26(33)34)18-7-8-18;/h4-6,9-10,14,17-18,21H,7-8,11-13,15-16H2,1-3H3,(H,33,34);1H2/t21-;/m0./s1. The van der Waals surface area contributed by atoms with E-state index in [0.29, 0.717) is 41.1 Å². The molecule has 2 heterocycles. The molecule has 39 heavy (non-hydrogen) atoms. The highest BCUT2D eigenvalue weighted by Crippen LogP contribution is 2.46. The fourth-order valence-corrected chi connectivity index (χ4v) is 5.48. The number of carboxylic acids is 1. The van der Waals surface area contributed by atoms with E-state index in [9.17, 15) is 14.3 Å². The Kier molecular flexibility index (Phi) is 8.73. The van der Waals surface area contributed by atoms with E-state index in [-0.39, 0.29) is 49.6 Å². The summed E-state index contributed by atoms with van der Waals surface area (Å²) in [6, 6.07) is 8.96. The third-order valence-corrected chi connectivity index (χ3v) is 7.39. The van der Waals surface area contributed by atoms with Crippen LogP contribution in [-0.2, 0) is 11.4 Å². The third kappa shape index (κ3) is 6.84. The SMILES string of the molecule is COc1cc(-c2onc(COc3cccc([C@@H](CC(=O)O)C4CC4)c3)c2OCC2CC(C)(C)C2)c(F)cn1.S. The van der Waals surface area contributed by atoms with Crippen LogP contribution in [0, 0.1) is 23.1 Å². The fourth-order valence-electron chi connectivity index (χ4n) is 5.48. The van der Waals surface area contributed by atoms with E-state index in [4.69, 9.17) is 18.7 Å². The number of nitrogens with zero attached hydrogens (tertiary/aromatic N) is 2. The van der Waals surface area contributed by atoms with Crippen LogP contribution >= 0.6 is 13.5 Å². The lowest BCUT2D eigenvalue weighted by molar-refractivity contribution is -0.137. The van der Waals surface area contributed by atoms with Gasteiger partial charge in [0.05, 0.1) is 31.9 Å². The minimum atomic E-state index is -0.806. The summed E-state index contributed by atoms with van der Waals surface area (Å²) in [5, 5.41) is 13.5. The molecule has 0 bridgehead atoms. The van der Waals surface area contributed by atoms with Gasteiger partial charge in [0.2, 0.25) is 11.6 Å². The molecule has 10 heteroatoms. The first-order valence-corrected chi connectivity index (χ1v) is 13.0. The van der Waals surface area contributed by atoms with Crippen LogP contribution in [0.15, 0.2) is 41.1 Å². The molecule has 5 rings (SSSR count). The predicted octanol–water partition coefficient (Wildman–Crippen LogP) is 6.36. The zero-order valence-corrected chi connectivity index (χ0v) is 23.4. The number of methoxy groups -OCH3 is 1. The van der Waals surface area contributed by atoms with E-state index in [1.807, 2.05) is 24.3 Å². The van der Waals surface area contributed by atoms with Gasteiger partial charge in [0, 0.05) is 6.07 Å². The Morgan fingerprint density at radius 2 is 2.00 bits per heavy atom. The van der Waals surface area contributed by atoms with E-state index in [2.05, 4.69) is 24.0 Å². The Labute approximate surface area is 234 Å². The summed E-state index contributed by atoms with van der Waals surface area (Å²) < 4.78 is 37.7. The molecule has 3 aromatic rings. The molecule has 1 atom stereocenters. The maximum absolute atomic E-state index is 14.8. The summed E-state index contributed by atoms with van der Waals surface area (Å²) in [7, 11) is 1.46. The number of benzene rings is 1. The highest BCUT2D eigenvalue weighted by atomic mass is 32.1. The molecule has 0 aliphatic heterocycles. The summed E-state index contributed by atoms with van der Waals surface area (Å²) in [5.41, 5.74) is 1.79. The normalized spacial score (nSPS) is 17.0. The number of aliphatic carboxylic acids is 1. The molecule has 0 spiro atoms. The highest BCUT2D eigenvalue weighted by Gasteiger charge is 2.37. The van der Waals surface area contributed by atoms with Gasteiger partial charge in [-0.3, -0.25) is 4.79 Å². The maximum atomic E-state index is 14.8. The minimum absolute atomic E-state index is 0. The lowest BCUT2D eigenvalue weighted by Crippen LogP contribution is -2.35. The molecule has 1 aromatic carbocycles. The van der Waals surface area contributed by atoms with Gasteiger partial charge in [-0.2, -0.15) is 13.5 Å². The lowest BCUT2D eigenvalue weighted by atomic mass is 9.65. The van der Waals surface area contributed by atoms with Gasteiger partial charge in [-0.1, -0.05) is 31.1 Å². The summed E-state index contributed by atoms with van der Waals surface area (Å²) in [5.74, 6) is 0.680. The van der Waals surface area contributed by atoms with E-state index >= 15 is 0 Å². The summed E-state index contributed by atoms with van der Waals surface area (Å²) in [6.45, 7) is 4.95. The molecule has 0 saturated heterocycles. The van der Waals surface area contributed by atoms with E-state index in [0.717, 1.165) is 37.4 Å². The highest BCUT2D eigenvalue weighted by molar-refractivity contribution is 7.59. The molecule has 2 aliphatic carbocycles. The minimum Gasteiger partial charge on any atom is -0.487 e. The Hall–Kier alpha value is -3.27. The van der Waals surface area contributed by atoms with E-state index < -0.39 is 11.8 Å². The molecule has 210 valence electrons. The van der Waals surface area contributed by atoms with E-state index in [1.54, 1.807) is 0 Å². The Morgan fingerprint density at radius 3 is 2.67 bits per heavy atom. The topological polar surface area (TPSA) is 104 Å². The van der Waals surface area contributed by atoms with Gasteiger partial charge in [0.1, 0.15) is 12.4 Å². The predicted molar refractivity (Wildman–Crippen MR) is 147 cm³/mol. The number of rotatable bonds is 12. The van der Waals surface area contributed by atoms with Gasteiger partial charge in [-0.05, 0) is 66.5 Å². The molecule has 2 aliphatic rings. The van der Waals surface area contributed by atoms with E-state index in [1.165, 1.54) is 13.2 Å². The largest absolute Gasteiger partial charge is 0.487 e. The first-order valence-electron chi connectivity index (χ1n) is 13.0. The molecule has 0 unspecified atom stereocenters. The lowest BCUT2D eigenvalue weighted by Gasteiger charge is -2.42. The van der Waals surface area contributed by atoms with Crippen molar-refractivity contribution in [1.29, 1.82) is 0 Å². The number of halogens is 1. The Morgan fingerprint density at radius 1 is 1.23 bits per heavy atom. The second-order valence-corrected chi connectivity index (χ2v) is 11.1. The van der Waals surface area contributed by atoms with Crippen molar-refractivity contribution in [2.75, 3.05) is 13.7 Å². The van der Waals surface area contributed by atoms with Crippen LogP contribution in [0.4, 0.5) is 4.39 Å². The average molecular weight is 559 g/mol. The van der Waals surface area contributed by atoms with Gasteiger partial charge < -0.3 is 23.8 Å². The van der Waals surface area contributed by atoms with Crippen molar-refractivity contribution < 1.29 is 33.0 Å². The van der Waals surface area contributed by atoms with Crippen molar-refractivity contribution in [3.05, 3.63) is 53.6 Å². The molecule has 2 fully saturated rings. The molecular formula is C29H35FN2O6S. The zero-order valence-electron chi connectivity index (χ0n) is 22.4. The van der Waals surface area contributed by atoms with Crippen molar-refractivity contribution in [1.82, 2.24) is 10.1 Å². The fraction of sp³-hybridized carbons (Fsp3) is 0.483. The van der Waals surface area contributed by atoms with Crippen molar-refractivity contribution in [3.63, 3.8) is 0 Å².